The maximum atomic E-state index is 11.9. The van der Waals surface area contributed by atoms with Gasteiger partial charge in [-0.3, -0.25) is 4.79 Å². The lowest BCUT2D eigenvalue weighted by atomic mass is 10.1. The van der Waals surface area contributed by atoms with Crippen LogP contribution >= 0.6 is 11.3 Å². The van der Waals surface area contributed by atoms with Crippen LogP contribution in [0.5, 0.6) is 5.75 Å². The van der Waals surface area contributed by atoms with E-state index in [0.29, 0.717) is 16.2 Å². The fourth-order valence-corrected chi connectivity index (χ4v) is 3.08. The average Bonchev–Trinajstić information content (AvgIpc) is 3.07. The molecule has 5 heteroatoms. The molecule has 0 aliphatic carbocycles. The number of ether oxygens (including phenoxy) is 1. The van der Waals surface area contributed by atoms with E-state index in [1.165, 1.54) is 17.4 Å². The number of hydrogen-bond donors (Lipinski definition) is 0. The minimum absolute atomic E-state index is 0.0368. The summed E-state index contributed by atoms with van der Waals surface area (Å²) < 4.78 is 10.8. The number of fused-ring (bicyclic) bond motifs is 1. The van der Waals surface area contributed by atoms with Crippen LogP contribution in [0.25, 0.3) is 11.0 Å². The summed E-state index contributed by atoms with van der Waals surface area (Å²) in [4.78, 5) is 24.3. The number of carbonyl (C=O) groups excluding carboxylic acids is 1. The number of carbonyl (C=O) groups is 1. The molecule has 0 aliphatic heterocycles. The SMILES string of the molecule is CCCc1cc(=O)oc2cc(OCC(=O)c3cccs3)ccc12. The molecule has 0 unspecified atom stereocenters. The van der Waals surface area contributed by atoms with E-state index < -0.39 is 0 Å². The largest absolute Gasteiger partial charge is 0.485 e. The van der Waals surface area contributed by atoms with Crippen molar-refractivity contribution in [3.05, 3.63) is 62.6 Å². The van der Waals surface area contributed by atoms with Gasteiger partial charge in [-0.25, -0.2) is 4.79 Å². The Hall–Kier alpha value is -2.40. The molecule has 2 heterocycles. The minimum atomic E-state index is -0.368. The maximum absolute atomic E-state index is 11.9. The van der Waals surface area contributed by atoms with Gasteiger partial charge in [0.15, 0.2) is 6.61 Å². The van der Waals surface area contributed by atoms with Crippen LogP contribution in [0.2, 0.25) is 0 Å². The van der Waals surface area contributed by atoms with Crippen molar-refractivity contribution in [2.75, 3.05) is 6.61 Å². The van der Waals surface area contributed by atoms with E-state index in [4.69, 9.17) is 9.15 Å². The van der Waals surface area contributed by atoms with Crippen molar-refractivity contribution in [2.45, 2.75) is 19.8 Å². The summed E-state index contributed by atoms with van der Waals surface area (Å²) in [7, 11) is 0. The second-order valence-electron chi connectivity index (χ2n) is 5.19. The normalized spacial score (nSPS) is 10.8. The zero-order valence-electron chi connectivity index (χ0n) is 12.7. The Morgan fingerprint density at radius 3 is 2.87 bits per heavy atom. The zero-order valence-corrected chi connectivity index (χ0v) is 13.5. The van der Waals surface area contributed by atoms with E-state index in [1.807, 2.05) is 17.5 Å². The third-order valence-corrected chi connectivity index (χ3v) is 4.40. The fourth-order valence-electron chi connectivity index (χ4n) is 2.43. The highest BCUT2D eigenvalue weighted by Gasteiger charge is 2.10. The van der Waals surface area contributed by atoms with Crippen molar-refractivity contribution in [3.63, 3.8) is 0 Å². The van der Waals surface area contributed by atoms with E-state index in [0.717, 1.165) is 23.8 Å². The molecule has 0 saturated heterocycles. The fraction of sp³-hybridized carbons (Fsp3) is 0.222. The smallest absolute Gasteiger partial charge is 0.336 e. The Balaban J connectivity index is 1.82. The van der Waals surface area contributed by atoms with E-state index in [1.54, 1.807) is 18.2 Å². The highest BCUT2D eigenvalue weighted by molar-refractivity contribution is 7.12. The summed E-state index contributed by atoms with van der Waals surface area (Å²) in [5, 5.41) is 2.76. The monoisotopic (exact) mass is 328 g/mol. The van der Waals surface area contributed by atoms with Crippen LogP contribution < -0.4 is 10.4 Å². The van der Waals surface area contributed by atoms with Crippen molar-refractivity contribution in [3.8, 4) is 5.75 Å². The lowest BCUT2D eigenvalue weighted by molar-refractivity contribution is 0.0925. The Kier molecular flexibility index (Phi) is 4.57. The predicted molar refractivity (Wildman–Crippen MR) is 90.6 cm³/mol. The van der Waals surface area contributed by atoms with Gasteiger partial charge in [-0.15, -0.1) is 11.3 Å². The van der Waals surface area contributed by atoms with Gasteiger partial charge < -0.3 is 9.15 Å². The number of Topliss-reactive ketones (excluding diaryl/α,β-unsaturated/α-hetero) is 1. The van der Waals surface area contributed by atoms with Gasteiger partial charge in [-0.1, -0.05) is 19.4 Å². The summed E-state index contributed by atoms with van der Waals surface area (Å²) in [6.07, 6.45) is 1.77. The summed E-state index contributed by atoms with van der Waals surface area (Å²) in [6.45, 7) is 2.03. The molecule has 23 heavy (non-hydrogen) atoms. The highest BCUT2D eigenvalue weighted by Crippen LogP contribution is 2.23. The molecule has 4 nitrogen and oxygen atoms in total. The molecule has 0 fully saturated rings. The second-order valence-corrected chi connectivity index (χ2v) is 6.14. The van der Waals surface area contributed by atoms with Gasteiger partial charge in [-0.2, -0.15) is 0 Å². The predicted octanol–water partition coefficient (Wildman–Crippen LogP) is 4.07. The lowest BCUT2D eigenvalue weighted by Crippen LogP contribution is -2.10. The molecule has 0 radical (unpaired) electrons. The molecule has 0 atom stereocenters. The number of hydrogen-bond acceptors (Lipinski definition) is 5. The molecule has 3 rings (SSSR count). The van der Waals surface area contributed by atoms with Crippen LogP contribution in [0.1, 0.15) is 28.6 Å². The first-order chi connectivity index (χ1) is 11.2. The Morgan fingerprint density at radius 2 is 2.13 bits per heavy atom. The first-order valence-electron chi connectivity index (χ1n) is 7.43. The molecule has 0 bridgehead atoms. The zero-order chi connectivity index (χ0) is 16.2. The van der Waals surface area contributed by atoms with Crippen molar-refractivity contribution < 1.29 is 13.9 Å². The third-order valence-electron chi connectivity index (χ3n) is 3.49. The summed E-state index contributed by atoms with van der Waals surface area (Å²) >= 11 is 1.39. The quantitative estimate of drug-likeness (QED) is 0.505. The van der Waals surface area contributed by atoms with Crippen LogP contribution in [-0.2, 0) is 6.42 Å². The van der Waals surface area contributed by atoms with Gasteiger partial charge in [0.2, 0.25) is 5.78 Å². The molecule has 118 valence electrons. The maximum Gasteiger partial charge on any atom is 0.336 e. The first kappa shape index (κ1) is 15.5. The molecule has 0 aliphatic rings. The number of ketones is 1. The number of thiophene rings is 1. The molecule has 0 spiro atoms. The van der Waals surface area contributed by atoms with Gasteiger partial charge >= 0.3 is 5.63 Å². The van der Waals surface area contributed by atoms with Crippen molar-refractivity contribution in [1.82, 2.24) is 0 Å². The van der Waals surface area contributed by atoms with E-state index in [-0.39, 0.29) is 18.0 Å². The van der Waals surface area contributed by atoms with E-state index >= 15 is 0 Å². The molecular weight excluding hydrogens is 312 g/mol. The summed E-state index contributed by atoms with van der Waals surface area (Å²) in [6, 6.07) is 10.5. The van der Waals surface area contributed by atoms with E-state index in [9.17, 15) is 9.59 Å². The standard InChI is InChI=1S/C18H16O4S/c1-2-4-12-9-18(20)22-16-10-13(6-7-14(12)16)21-11-15(19)17-5-3-8-23-17/h3,5-10H,2,4,11H2,1H3. The van der Waals surface area contributed by atoms with Gasteiger partial charge in [-0.05, 0) is 35.6 Å². The Labute approximate surface area is 137 Å². The summed E-state index contributed by atoms with van der Waals surface area (Å²) in [5.74, 6) is 0.445. The molecule has 0 N–H and O–H groups in total. The molecule has 0 saturated carbocycles. The van der Waals surface area contributed by atoms with Gasteiger partial charge in [0.05, 0.1) is 4.88 Å². The molecular formula is C18H16O4S. The van der Waals surface area contributed by atoms with Gasteiger partial charge in [0, 0.05) is 17.5 Å². The van der Waals surface area contributed by atoms with Crippen molar-refractivity contribution in [2.24, 2.45) is 0 Å². The molecule has 2 aromatic heterocycles. The van der Waals surface area contributed by atoms with Crippen LogP contribution in [0.15, 0.2) is 51.0 Å². The highest BCUT2D eigenvalue weighted by atomic mass is 32.1. The molecule has 0 amide bonds. The first-order valence-corrected chi connectivity index (χ1v) is 8.31. The van der Waals surface area contributed by atoms with Crippen molar-refractivity contribution in [1.29, 1.82) is 0 Å². The minimum Gasteiger partial charge on any atom is -0.485 e. The molecule has 3 aromatic rings. The van der Waals surface area contributed by atoms with Crippen LogP contribution in [0.3, 0.4) is 0 Å². The molecule has 1 aromatic carbocycles. The van der Waals surface area contributed by atoms with Crippen molar-refractivity contribution >= 4 is 28.1 Å². The number of aryl methyl sites for hydroxylation is 1. The number of benzene rings is 1. The van der Waals surface area contributed by atoms with Crippen LogP contribution in [0.4, 0.5) is 0 Å². The lowest BCUT2D eigenvalue weighted by Gasteiger charge is -2.07. The Bertz CT molecular complexity index is 878. The van der Waals surface area contributed by atoms with Crippen LogP contribution in [-0.4, -0.2) is 12.4 Å². The third kappa shape index (κ3) is 3.51. The second kappa shape index (κ2) is 6.79. The summed E-state index contributed by atoms with van der Waals surface area (Å²) in [5.41, 5.74) is 1.09. The van der Waals surface area contributed by atoms with Gasteiger partial charge in [0.25, 0.3) is 0 Å². The number of rotatable bonds is 6. The van der Waals surface area contributed by atoms with Crippen LogP contribution in [0, 0.1) is 0 Å². The van der Waals surface area contributed by atoms with E-state index in [2.05, 4.69) is 6.92 Å². The topological polar surface area (TPSA) is 56.5 Å². The Morgan fingerprint density at radius 1 is 1.26 bits per heavy atom. The average molecular weight is 328 g/mol. The van der Waals surface area contributed by atoms with Gasteiger partial charge in [0.1, 0.15) is 11.3 Å².